The number of aliphatic hydroxyl groups is 4. The molecule has 0 radical (unpaired) electrons. The number of phosphoric ester groups is 1. The molecule has 1 aromatic carbocycles. The predicted octanol–water partition coefficient (Wildman–Crippen LogP) is -5.14. The molecular weight excluding hydrogens is 790 g/mol. The minimum Gasteiger partial charge on any atom is -1.00 e. The molecule has 55 heavy (non-hydrogen) atoms. The predicted molar refractivity (Wildman–Crippen MR) is 173 cm³/mol. The molecule has 2 fully saturated rings. The zero-order valence-electron chi connectivity index (χ0n) is 31.8. The van der Waals surface area contributed by atoms with Gasteiger partial charge in [0.1, 0.15) is 24.1 Å². The summed E-state index contributed by atoms with van der Waals surface area (Å²) in [5.74, 6) is -9.85. The summed E-state index contributed by atoms with van der Waals surface area (Å²) in [6, 6.07) is 6.93. The Morgan fingerprint density at radius 2 is 1.16 bits per heavy atom. The number of hydrogen-bond donors (Lipinski definition) is 6. The molecule has 0 amide bonds. The fraction of sp³-hybridized carbons (Fsp3) is 0.594. The van der Waals surface area contributed by atoms with Gasteiger partial charge in [0.05, 0.1) is 0 Å². The SMILES string of the molecule is CC(=O)O[C@@H]1[C@@H](OC(C)=O)[C@H](C(O)[C@H]2O[C@@H](C(C)=O)[C@@](O)(C(C)=O)[C@](O)(C(C)=O)[C@@]2(O)C(C)=O)O[C@H](C(Oc2ccccc2)OP(=O)(O)O)[C@H]1OC(C)=O.[H-].[K+]. The molecule has 2 aliphatic heterocycles. The van der Waals surface area contributed by atoms with Gasteiger partial charge in [-0.3, -0.25) is 33.6 Å². The zero-order chi connectivity index (χ0) is 41.3. The summed E-state index contributed by atoms with van der Waals surface area (Å²) >= 11 is 0. The van der Waals surface area contributed by atoms with E-state index in [-0.39, 0.29) is 58.6 Å². The Kier molecular flexibility index (Phi) is 16.4. The number of carbonyl (C=O) groups is 7. The largest absolute Gasteiger partial charge is 1.00 e. The molecule has 2 aliphatic rings. The standard InChI is InChI=1S/C32H41O21P.K.H/c1-13(33)27-30(41,14(2)34)32(43,16(4)36)31(42,15(3)35)28(52-27)21(40)22-23(47-17(5)37)24(48-18(6)38)25(49-19(7)39)26(51-22)29(53-54(44,45)46)50-20-11-9-8-10-12-20;;/h8-12,21-29,40-43H,1-7H3,(H2,44,45,46);;/q;+1;-1/t21?,22-,23-,24+,25-,26-,27-,28+,29?,30-,31+,32+;;/m0../s1. The molecule has 3 rings (SSSR count). The summed E-state index contributed by atoms with van der Waals surface area (Å²) in [4.78, 5) is 110. The first-order chi connectivity index (χ1) is 24.7. The Hall–Kier alpha value is -2.38. The van der Waals surface area contributed by atoms with E-state index in [9.17, 15) is 68.3 Å². The molecule has 0 aliphatic carbocycles. The molecule has 23 heteroatoms. The van der Waals surface area contributed by atoms with E-state index in [1.807, 2.05) is 0 Å². The Morgan fingerprint density at radius 1 is 0.709 bits per heavy atom. The molecule has 6 N–H and O–H groups in total. The number of para-hydroxylation sites is 1. The number of ether oxygens (including phenoxy) is 6. The third kappa shape index (κ3) is 9.67. The molecular formula is C32H42KO21P. The average molecular weight is 833 g/mol. The normalized spacial score (nSPS) is 33.1. The van der Waals surface area contributed by atoms with E-state index in [2.05, 4.69) is 0 Å². The van der Waals surface area contributed by atoms with Crippen LogP contribution in [0.4, 0.5) is 0 Å². The second-order valence-corrected chi connectivity index (χ2v) is 13.8. The number of carbonyl (C=O) groups excluding carboxylic acids is 7. The van der Waals surface area contributed by atoms with Crippen LogP contribution in [0.15, 0.2) is 30.3 Å². The van der Waals surface area contributed by atoms with Crippen molar-refractivity contribution in [3.05, 3.63) is 30.3 Å². The molecule has 0 spiro atoms. The number of esters is 3. The molecule has 0 saturated carbocycles. The smallest absolute Gasteiger partial charge is 1.00 e. The van der Waals surface area contributed by atoms with Gasteiger partial charge in [-0.25, -0.2) is 9.09 Å². The fourth-order valence-corrected chi connectivity index (χ4v) is 7.07. The van der Waals surface area contributed by atoms with Crippen LogP contribution in [0.5, 0.6) is 5.75 Å². The van der Waals surface area contributed by atoms with Crippen molar-refractivity contribution in [3.63, 3.8) is 0 Å². The van der Waals surface area contributed by atoms with Gasteiger partial charge in [-0.1, -0.05) is 18.2 Å². The van der Waals surface area contributed by atoms with Crippen LogP contribution in [-0.4, -0.2) is 143 Å². The van der Waals surface area contributed by atoms with E-state index < -0.39 is 121 Å². The number of hydrogen-bond acceptors (Lipinski definition) is 19. The van der Waals surface area contributed by atoms with Gasteiger partial charge >= 0.3 is 77.1 Å². The van der Waals surface area contributed by atoms with Crippen LogP contribution in [0.2, 0.25) is 0 Å². The third-order valence-corrected chi connectivity index (χ3v) is 9.28. The number of phosphoric acid groups is 1. The van der Waals surface area contributed by atoms with Gasteiger partial charge in [0, 0.05) is 20.8 Å². The third-order valence-electron chi connectivity index (χ3n) is 8.80. The van der Waals surface area contributed by atoms with Gasteiger partial charge in [0.15, 0.2) is 70.5 Å². The minimum absolute atomic E-state index is 0. The van der Waals surface area contributed by atoms with Crippen molar-refractivity contribution < 1.29 is 154 Å². The van der Waals surface area contributed by atoms with Crippen molar-refractivity contribution in [2.45, 2.75) is 120 Å². The summed E-state index contributed by atoms with van der Waals surface area (Å²) in [5, 5.41) is 47.6. The van der Waals surface area contributed by atoms with Crippen LogP contribution in [0.25, 0.3) is 0 Å². The maximum Gasteiger partial charge on any atom is 1.00 e. The number of rotatable bonds is 14. The average Bonchev–Trinajstić information content (AvgIpc) is 3.03. The van der Waals surface area contributed by atoms with E-state index in [0.717, 1.165) is 27.7 Å². The van der Waals surface area contributed by atoms with Crippen LogP contribution in [0.1, 0.15) is 49.9 Å². The van der Waals surface area contributed by atoms with Gasteiger partial charge in [-0.15, -0.1) is 0 Å². The van der Waals surface area contributed by atoms with Crippen molar-refractivity contribution >= 4 is 48.9 Å². The summed E-state index contributed by atoms with van der Waals surface area (Å²) in [7, 11) is -5.62. The maximum absolute atomic E-state index is 13.4. The van der Waals surface area contributed by atoms with Crippen LogP contribution >= 0.6 is 7.82 Å². The van der Waals surface area contributed by atoms with Crippen LogP contribution in [0.3, 0.4) is 0 Å². The monoisotopic (exact) mass is 832 g/mol. The molecule has 302 valence electrons. The first-order valence-electron chi connectivity index (χ1n) is 15.9. The van der Waals surface area contributed by atoms with Crippen LogP contribution in [-0.2, 0) is 66.3 Å². The second-order valence-electron chi connectivity index (χ2n) is 12.6. The van der Waals surface area contributed by atoms with Crippen LogP contribution in [0, 0.1) is 0 Å². The van der Waals surface area contributed by atoms with Gasteiger partial charge in [-0.05, 0) is 39.8 Å². The fourth-order valence-electron chi connectivity index (χ4n) is 6.64. The van der Waals surface area contributed by atoms with Crippen molar-refractivity contribution in [1.82, 2.24) is 0 Å². The quantitative estimate of drug-likeness (QED) is 0.0336. The van der Waals surface area contributed by atoms with E-state index in [0.29, 0.717) is 20.8 Å². The summed E-state index contributed by atoms with van der Waals surface area (Å²) < 4.78 is 50.2. The van der Waals surface area contributed by atoms with E-state index in [1.165, 1.54) is 30.3 Å². The van der Waals surface area contributed by atoms with Crippen molar-refractivity contribution in [3.8, 4) is 5.75 Å². The number of Topliss-reactive ketones (excluding diaryl/α,β-unsaturated/α-hetero) is 4. The minimum atomic E-state index is -5.62. The summed E-state index contributed by atoms with van der Waals surface area (Å²) in [5.41, 5.74) is -11.5. The molecule has 2 heterocycles. The van der Waals surface area contributed by atoms with E-state index in [1.54, 1.807) is 0 Å². The van der Waals surface area contributed by atoms with E-state index in [4.69, 9.17) is 32.9 Å². The van der Waals surface area contributed by atoms with Gasteiger partial charge in [0.25, 0.3) is 0 Å². The van der Waals surface area contributed by atoms with E-state index >= 15 is 0 Å². The summed E-state index contributed by atoms with van der Waals surface area (Å²) in [6.45, 7) is 4.91. The molecule has 12 atom stereocenters. The molecule has 21 nitrogen and oxygen atoms in total. The van der Waals surface area contributed by atoms with Crippen molar-refractivity contribution in [1.29, 1.82) is 0 Å². The Labute approximate surface area is 357 Å². The molecule has 1 aromatic rings. The second kappa shape index (κ2) is 18.5. The topological polar surface area (TPSA) is 323 Å². The Morgan fingerprint density at radius 3 is 1.56 bits per heavy atom. The number of ketones is 4. The molecule has 2 unspecified atom stereocenters. The number of benzene rings is 1. The molecule has 0 aromatic heterocycles. The summed E-state index contributed by atoms with van der Waals surface area (Å²) in [6.07, 6.45) is -21.8. The van der Waals surface area contributed by atoms with Gasteiger partial charge < -0.3 is 60.1 Å². The Balaban J connectivity index is 0.00000784. The van der Waals surface area contributed by atoms with Gasteiger partial charge in [0.2, 0.25) is 6.29 Å². The molecule has 0 bridgehead atoms. The zero-order valence-corrected chi connectivity index (χ0v) is 34.9. The van der Waals surface area contributed by atoms with Crippen molar-refractivity contribution in [2.75, 3.05) is 0 Å². The first kappa shape index (κ1) is 48.8. The first-order valence-corrected chi connectivity index (χ1v) is 17.5. The maximum atomic E-state index is 13.4. The molecule has 2 saturated heterocycles. The van der Waals surface area contributed by atoms with Crippen molar-refractivity contribution in [2.24, 2.45) is 0 Å². The Bertz CT molecular complexity index is 1710. The van der Waals surface area contributed by atoms with Gasteiger partial charge in [-0.2, -0.15) is 0 Å². The number of aliphatic hydroxyl groups excluding tert-OH is 1. The van der Waals surface area contributed by atoms with Crippen LogP contribution < -0.4 is 56.1 Å².